The van der Waals surface area contributed by atoms with Gasteiger partial charge in [0.2, 0.25) is 5.91 Å². The van der Waals surface area contributed by atoms with E-state index in [4.69, 9.17) is 16.3 Å². The molecule has 0 bridgehead atoms. The molecule has 0 fully saturated rings. The molecule has 0 saturated carbocycles. The Hall–Kier alpha value is -3.06. The van der Waals surface area contributed by atoms with Crippen LogP contribution in [0.25, 0.3) is 0 Å². The van der Waals surface area contributed by atoms with E-state index in [1.807, 2.05) is 18.2 Å². The van der Waals surface area contributed by atoms with Crippen LogP contribution in [0.3, 0.4) is 0 Å². The largest absolute Gasteiger partial charge is 0.507 e. The van der Waals surface area contributed by atoms with Crippen LogP contribution in [0.5, 0.6) is 5.75 Å². The predicted molar refractivity (Wildman–Crippen MR) is 103 cm³/mol. The minimum absolute atomic E-state index is 0.0106. The van der Waals surface area contributed by atoms with Crippen LogP contribution in [0.1, 0.15) is 30.5 Å². The van der Waals surface area contributed by atoms with Crippen LogP contribution in [0.4, 0.5) is 4.79 Å². The van der Waals surface area contributed by atoms with E-state index < -0.39 is 18.0 Å². The third-order valence-corrected chi connectivity index (χ3v) is 3.78. The number of phenolic OH excluding ortho intramolecular Hbond substituents is 1. The number of nitrogens with one attached hydrogen (secondary N) is 2. The molecule has 1 atom stereocenters. The smallest absolute Gasteiger partial charge is 0.407 e. The Morgan fingerprint density at radius 1 is 1.26 bits per heavy atom. The lowest BCUT2D eigenvalue weighted by Crippen LogP contribution is -2.33. The van der Waals surface area contributed by atoms with Crippen molar-refractivity contribution in [2.24, 2.45) is 5.10 Å². The lowest BCUT2D eigenvalue weighted by molar-refractivity contribution is -0.121. The lowest BCUT2D eigenvalue weighted by Gasteiger charge is -2.18. The van der Waals surface area contributed by atoms with E-state index in [0.717, 1.165) is 5.56 Å². The number of phenols is 1. The van der Waals surface area contributed by atoms with Crippen molar-refractivity contribution < 1.29 is 19.4 Å². The third-order valence-electron chi connectivity index (χ3n) is 3.54. The second-order valence-electron chi connectivity index (χ2n) is 5.53. The van der Waals surface area contributed by atoms with Crippen LogP contribution in [0, 0.1) is 0 Å². The van der Waals surface area contributed by atoms with Gasteiger partial charge in [0, 0.05) is 10.6 Å². The van der Waals surface area contributed by atoms with Gasteiger partial charge < -0.3 is 15.2 Å². The zero-order valence-electron chi connectivity index (χ0n) is 14.7. The molecule has 0 heterocycles. The first-order chi connectivity index (χ1) is 13.0. The quantitative estimate of drug-likeness (QED) is 0.499. The summed E-state index contributed by atoms with van der Waals surface area (Å²) in [5.74, 6) is -0.429. The van der Waals surface area contributed by atoms with Crippen molar-refractivity contribution in [3.05, 3.63) is 64.7 Å². The van der Waals surface area contributed by atoms with Gasteiger partial charge in [-0.2, -0.15) is 5.10 Å². The highest BCUT2D eigenvalue weighted by Gasteiger charge is 2.18. The maximum absolute atomic E-state index is 12.2. The highest BCUT2D eigenvalue weighted by atomic mass is 35.5. The molecule has 2 rings (SSSR count). The number of carbonyl (C=O) groups is 2. The van der Waals surface area contributed by atoms with Crippen molar-refractivity contribution in [3.63, 3.8) is 0 Å². The van der Waals surface area contributed by atoms with Gasteiger partial charge >= 0.3 is 6.09 Å². The minimum Gasteiger partial charge on any atom is -0.507 e. The highest BCUT2D eigenvalue weighted by Crippen LogP contribution is 2.20. The topological polar surface area (TPSA) is 100 Å². The first-order valence-electron chi connectivity index (χ1n) is 8.28. The Morgan fingerprint density at radius 2 is 2.00 bits per heavy atom. The number of benzene rings is 2. The van der Waals surface area contributed by atoms with Crippen molar-refractivity contribution in [3.8, 4) is 5.75 Å². The van der Waals surface area contributed by atoms with Gasteiger partial charge in [-0.05, 0) is 30.7 Å². The molecule has 0 radical (unpaired) electrons. The second-order valence-corrected chi connectivity index (χ2v) is 5.96. The molecule has 0 aromatic heterocycles. The average molecular weight is 390 g/mol. The lowest BCUT2D eigenvalue weighted by atomic mass is 10.0. The van der Waals surface area contributed by atoms with Gasteiger partial charge in [0.15, 0.2) is 0 Å². The Bertz CT molecular complexity index is 812. The van der Waals surface area contributed by atoms with Gasteiger partial charge in [-0.1, -0.05) is 41.9 Å². The normalized spacial score (nSPS) is 11.8. The van der Waals surface area contributed by atoms with Gasteiger partial charge in [-0.25, -0.2) is 10.2 Å². The maximum atomic E-state index is 12.2. The molecule has 2 aromatic carbocycles. The van der Waals surface area contributed by atoms with Crippen LogP contribution in [-0.4, -0.2) is 29.9 Å². The van der Waals surface area contributed by atoms with Crippen LogP contribution >= 0.6 is 11.6 Å². The molecule has 2 aromatic rings. The summed E-state index contributed by atoms with van der Waals surface area (Å²) in [6, 6.07) is 13.0. The molecule has 8 heteroatoms. The number of alkyl carbamates (subject to hydrolysis) is 1. The molecule has 0 spiro atoms. The van der Waals surface area contributed by atoms with E-state index in [2.05, 4.69) is 15.8 Å². The molecule has 0 saturated heterocycles. The summed E-state index contributed by atoms with van der Waals surface area (Å²) < 4.78 is 4.89. The van der Waals surface area contributed by atoms with Crippen molar-refractivity contribution >= 4 is 29.8 Å². The molecular weight excluding hydrogens is 370 g/mol. The fourth-order valence-electron chi connectivity index (χ4n) is 2.29. The monoisotopic (exact) mass is 389 g/mol. The number of hydrogen-bond acceptors (Lipinski definition) is 5. The van der Waals surface area contributed by atoms with Crippen LogP contribution in [-0.2, 0) is 9.53 Å². The minimum atomic E-state index is -0.605. The summed E-state index contributed by atoms with van der Waals surface area (Å²) in [4.78, 5) is 23.9. The Kier molecular flexibility index (Phi) is 7.63. The van der Waals surface area contributed by atoms with Gasteiger partial charge in [0.05, 0.1) is 25.3 Å². The van der Waals surface area contributed by atoms with Crippen molar-refractivity contribution in [1.29, 1.82) is 0 Å². The van der Waals surface area contributed by atoms with Crippen molar-refractivity contribution in [1.82, 2.24) is 10.7 Å². The molecule has 2 amide bonds. The highest BCUT2D eigenvalue weighted by molar-refractivity contribution is 6.30. The first kappa shape index (κ1) is 20.3. The molecule has 142 valence electrons. The van der Waals surface area contributed by atoms with Gasteiger partial charge in [0.25, 0.3) is 0 Å². The zero-order valence-corrected chi connectivity index (χ0v) is 15.4. The number of nitrogens with zero attached hydrogens (tertiary/aromatic N) is 1. The van der Waals surface area contributed by atoms with Gasteiger partial charge in [-0.15, -0.1) is 0 Å². The van der Waals surface area contributed by atoms with Crippen molar-refractivity contribution in [2.45, 2.75) is 19.4 Å². The van der Waals surface area contributed by atoms with E-state index in [1.165, 1.54) is 18.3 Å². The average Bonchev–Trinajstić information content (AvgIpc) is 2.65. The van der Waals surface area contributed by atoms with Crippen LogP contribution in [0.2, 0.25) is 5.02 Å². The van der Waals surface area contributed by atoms with E-state index in [9.17, 15) is 14.7 Å². The fraction of sp³-hybridized carbons (Fsp3) is 0.211. The molecule has 0 aliphatic rings. The van der Waals surface area contributed by atoms with Crippen molar-refractivity contribution in [2.75, 3.05) is 6.61 Å². The molecule has 3 N–H and O–H groups in total. The standard InChI is InChI=1S/C19H20ClN3O4/c1-2-27-19(26)22-16(13-6-4-3-5-7-13)11-18(25)23-21-12-14-10-15(20)8-9-17(14)24/h3-10,12,16,24H,2,11H2,1H3,(H,22,26)(H,23,25)/b21-12-/t16-/m1/s1. The number of carbonyl (C=O) groups excluding carboxylic acids is 2. The fourth-order valence-corrected chi connectivity index (χ4v) is 2.47. The predicted octanol–water partition coefficient (Wildman–Crippen LogP) is 3.37. The van der Waals surface area contributed by atoms with E-state index in [-0.39, 0.29) is 18.8 Å². The van der Waals surface area contributed by atoms with Crippen LogP contribution < -0.4 is 10.7 Å². The number of halogens is 1. The van der Waals surface area contributed by atoms with Gasteiger partial charge in [-0.3, -0.25) is 4.79 Å². The zero-order chi connectivity index (χ0) is 19.6. The number of amides is 2. The number of ether oxygens (including phenoxy) is 1. The van der Waals surface area contributed by atoms with E-state index in [0.29, 0.717) is 10.6 Å². The summed E-state index contributed by atoms with van der Waals surface area (Å²) in [5, 5.41) is 16.6. The Balaban J connectivity index is 2.01. The Labute approximate surface area is 162 Å². The first-order valence-corrected chi connectivity index (χ1v) is 8.66. The molecule has 0 aliphatic carbocycles. The van der Waals surface area contributed by atoms with E-state index >= 15 is 0 Å². The molecule has 0 unspecified atom stereocenters. The second kappa shape index (κ2) is 10.2. The van der Waals surface area contributed by atoms with Gasteiger partial charge in [0.1, 0.15) is 5.75 Å². The molecular formula is C19H20ClN3O4. The maximum Gasteiger partial charge on any atom is 0.407 e. The summed E-state index contributed by atoms with van der Waals surface area (Å²) in [6.45, 7) is 1.93. The van der Waals surface area contributed by atoms with Crippen LogP contribution in [0.15, 0.2) is 53.6 Å². The SMILES string of the molecule is CCOC(=O)N[C@H](CC(=O)N/N=C\c1cc(Cl)ccc1O)c1ccccc1. The summed E-state index contributed by atoms with van der Waals surface area (Å²) in [6.07, 6.45) is 0.642. The number of hydrazone groups is 1. The third kappa shape index (κ3) is 6.63. The molecule has 0 aliphatic heterocycles. The molecule has 27 heavy (non-hydrogen) atoms. The van der Waals surface area contributed by atoms with E-state index in [1.54, 1.807) is 25.1 Å². The number of hydrogen-bond donors (Lipinski definition) is 3. The summed E-state index contributed by atoms with van der Waals surface area (Å²) in [7, 11) is 0. The number of aromatic hydroxyl groups is 1. The Morgan fingerprint density at radius 3 is 2.70 bits per heavy atom. The summed E-state index contributed by atoms with van der Waals surface area (Å²) in [5.41, 5.74) is 3.50. The summed E-state index contributed by atoms with van der Waals surface area (Å²) >= 11 is 5.86. The molecule has 7 nitrogen and oxygen atoms in total. The number of rotatable bonds is 7.